The number of unbranched alkanes of at least 4 members (excludes halogenated alkanes) is 4. The SMILES string of the molecule is CCCCCC/C=C/[N+](CC(=O)[O-])(CC(=O)O)CC(=O)O. The third-order valence-corrected chi connectivity index (χ3v) is 2.99. The van der Waals surface area contributed by atoms with Gasteiger partial charge in [-0.3, -0.25) is 4.48 Å². The number of carboxylic acids is 3. The van der Waals surface area contributed by atoms with Crippen LogP contribution < -0.4 is 5.11 Å². The maximum absolute atomic E-state index is 10.9. The molecule has 7 heteroatoms. The average molecular weight is 301 g/mol. The van der Waals surface area contributed by atoms with E-state index < -0.39 is 42.0 Å². The number of carbonyl (C=O) groups excluding carboxylic acids is 1. The molecule has 0 atom stereocenters. The van der Waals surface area contributed by atoms with Crippen LogP contribution in [0.4, 0.5) is 0 Å². The highest BCUT2D eigenvalue weighted by Crippen LogP contribution is 2.11. The highest BCUT2D eigenvalue weighted by atomic mass is 16.4. The third kappa shape index (κ3) is 9.61. The zero-order valence-electron chi connectivity index (χ0n) is 12.3. The first kappa shape index (κ1) is 19.1. The molecular weight excluding hydrogens is 278 g/mol. The molecule has 0 radical (unpaired) electrons. The van der Waals surface area contributed by atoms with Gasteiger partial charge in [0.1, 0.15) is 6.54 Å². The van der Waals surface area contributed by atoms with Crippen LogP contribution in [0, 0.1) is 0 Å². The predicted molar refractivity (Wildman–Crippen MR) is 73.0 cm³/mol. The smallest absolute Gasteiger partial charge is 0.359 e. The van der Waals surface area contributed by atoms with Gasteiger partial charge in [0.25, 0.3) is 0 Å². The first-order chi connectivity index (χ1) is 9.81. The fourth-order valence-corrected chi connectivity index (χ4v) is 2.11. The van der Waals surface area contributed by atoms with Crippen molar-refractivity contribution in [1.29, 1.82) is 0 Å². The molecule has 2 N–H and O–H groups in total. The molecule has 0 aliphatic rings. The molecule has 0 fully saturated rings. The van der Waals surface area contributed by atoms with Crippen molar-refractivity contribution in [2.45, 2.75) is 39.0 Å². The second-order valence-corrected chi connectivity index (χ2v) is 5.09. The summed E-state index contributed by atoms with van der Waals surface area (Å²) < 4.78 is -0.680. The monoisotopic (exact) mass is 301 g/mol. The number of hydrogen-bond donors (Lipinski definition) is 2. The lowest BCUT2D eigenvalue weighted by atomic mass is 10.1. The zero-order chi connectivity index (χ0) is 16.3. The Morgan fingerprint density at radius 3 is 2.00 bits per heavy atom. The van der Waals surface area contributed by atoms with Gasteiger partial charge >= 0.3 is 11.9 Å². The second kappa shape index (κ2) is 9.93. The summed E-state index contributed by atoms with van der Waals surface area (Å²) >= 11 is 0. The Bertz CT molecular complexity index is 350. The number of carbonyl (C=O) groups is 3. The van der Waals surface area contributed by atoms with Crippen LogP contribution in [-0.4, -0.2) is 52.2 Å². The Morgan fingerprint density at radius 2 is 1.57 bits per heavy atom. The van der Waals surface area contributed by atoms with Crippen molar-refractivity contribution in [3.05, 3.63) is 12.3 Å². The molecule has 7 nitrogen and oxygen atoms in total. The number of quaternary nitrogens is 1. The van der Waals surface area contributed by atoms with E-state index in [9.17, 15) is 19.5 Å². The van der Waals surface area contributed by atoms with Crippen LogP contribution in [0.5, 0.6) is 0 Å². The van der Waals surface area contributed by atoms with Gasteiger partial charge in [0.15, 0.2) is 13.1 Å². The van der Waals surface area contributed by atoms with Crippen molar-refractivity contribution in [2.75, 3.05) is 19.6 Å². The summed E-state index contributed by atoms with van der Waals surface area (Å²) in [6, 6.07) is 0. The Labute approximate surface area is 124 Å². The normalized spacial score (nSPS) is 11.7. The molecule has 0 aromatic heterocycles. The molecule has 0 aromatic rings. The van der Waals surface area contributed by atoms with Gasteiger partial charge in [-0.2, -0.15) is 0 Å². The van der Waals surface area contributed by atoms with Gasteiger partial charge in [0, 0.05) is 0 Å². The molecule has 0 saturated heterocycles. The summed E-state index contributed by atoms with van der Waals surface area (Å²) in [4.78, 5) is 32.6. The summed E-state index contributed by atoms with van der Waals surface area (Å²) in [6.07, 6.45) is 7.79. The fraction of sp³-hybridized carbons (Fsp3) is 0.643. The van der Waals surface area contributed by atoms with Crippen molar-refractivity contribution in [3.63, 3.8) is 0 Å². The van der Waals surface area contributed by atoms with E-state index in [4.69, 9.17) is 10.2 Å². The molecule has 0 aliphatic carbocycles. The van der Waals surface area contributed by atoms with Gasteiger partial charge in [-0.25, -0.2) is 9.59 Å². The minimum Gasteiger partial charge on any atom is -0.544 e. The van der Waals surface area contributed by atoms with E-state index >= 15 is 0 Å². The molecule has 0 saturated carbocycles. The molecule has 21 heavy (non-hydrogen) atoms. The molecule has 0 amide bonds. The number of aliphatic carboxylic acids is 3. The molecular formula is C14H23NO6. The predicted octanol–water partition coefficient (Wildman–Crippen LogP) is 0.206. The number of allylic oxidation sites excluding steroid dienone is 1. The van der Waals surface area contributed by atoms with Gasteiger partial charge in [-0.05, 0) is 18.9 Å². The Hall–Kier alpha value is -1.89. The molecule has 0 spiro atoms. The van der Waals surface area contributed by atoms with Crippen LogP contribution in [0.2, 0.25) is 0 Å². The first-order valence-electron chi connectivity index (χ1n) is 6.98. The van der Waals surface area contributed by atoms with E-state index in [-0.39, 0.29) is 0 Å². The van der Waals surface area contributed by atoms with Crippen molar-refractivity contribution >= 4 is 17.9 Å². The van der Waals surface area contributed by atoms with Gasteiger partial charge in [0.05, 0.1) is 12.2 Å². The van der Waals surface area contributed by atoms with E-state index in [0.717, 1.165) is 25.7 Å². The van der Waals surface area contributed by atoms with Crippen LogP contribution in [0.15, 0.2) is 12.3 Å². The topological polar surface area (TPSA) is 115 Å². The summed E-state index contributed by atoms with van der Waals surface area (Å²) in [5, 5.41) is 28.6. The zero-order valence-corrected chi connectivity index (χ0v) is 12.3. The third-order valence-electron chi connectivity index (χ3n) is 2.99. The average Bonchev–Trinajstić information content (AvgIpc) is 2.30. The Balaban J connectivity index is 4.87. The molecule has 0 aliphatic heterocycles. The summed E-state index contributed by atoms with van der Waals surface area (Å²) in [5.74, 6) is -3.99. The van der Waals surface area contributed by atoms with E-state index in [2.05, 4.69) is 6.92 Å². The minimum atomic E-state index is -1.48. The molecule has 120 valence electrons. The van der Waals surface area contributed by atoms with E-state index in [1.54, 1.807) is 6.08 Å². The summed E-state index contributed by atoms with van der Waals surface area (Å²) in [5.41, 5.74) is 0. The first-order valence-corrected chi connectivity index (χ1v) is 6.98. The fourth-order valence-electron chi connectivity index (χ4n) is 2.11. The summed E-state index contributed by atoms with van der Waals surface area (Å²) in [7, 11) is 0. The minimum absolute atomic E-state index is 0.605. The molecule has 0 unspecified atom stereocenters. The van der Waals surface area contributed by atoms with Crippen LogP contribution in [0.3, 0.4) is 0 Å². The van der Waals surface area contributed by atoms with Gasteiger partial charge in [0.2, 0.25) is 0 Å². The number of nitrogens with zero attached hydrogens (tertiary/aromatic N) is 1. The largest absolute Gasteiger partial charge is 0.544 e. The highest BCUT2D eigenvalue weighted by molar-refractivity contribution is 5.72. The lowest BCUT2D eigenvalue weighted by Gasteiger charge is -2.32. The van der Waals surface area contributed by atoms with Crippen LogP contribution in [-0.2, 0) is 14.4 Å². The van der Waals surface area contributed by atoms with Crippen molar-refractivity contribution in [3.8, 4) is 0 Å². The number of rotatable bonds is 12. The number of carboxylic acid groups (broad SMARTS) is 3. The van der Waals surface area contributed by atoms with E-state index in [0.29, 0.717) is 6.42 Å². The van der Waals surface area contributed by atoms with Gasteiger partial charge < -0.3 is 20.1 Å². The quantitative estimate of drug-likeness (QED) is 0.393. The van der Waals surface area contributed by atoms with Crippen molar-refractivity contribution in [1.82, 2.24) is 0 Å². The molecule has 0 aromatic carbocycles. The lowest BCUT2D eigenvalue weighted by molar-refractivity contribution is -0.859. The highest BCUT2D eigenvalue weighted by Gasteiger charge is 2.31. The standard InChI is InChI=1S/C14H23NO6/c1-2-3-4-5-6-7-8-15(9-12(16)17,10-13(18)19)11-14(20)21/h7-8H,2-6,9-11H2,1H3,(H2-,16,17,18,19,20,21)/b8-7+. The van der Waals surface area contributed by atoms with Crippen LogP contribution in [0.25, 0.3) is 0 Å². The Morgan fingerprint density at radius 1 is 1.00 bits per heavy atom. The van der Waals surface area contributed by atoms with Crippen LogP contribution in [0.1, 0.15) is 39.0 Å². The van der Waals surface area contributed by atoms with Crippen molar-refractivity contribution < 1.29 is 34.2 Å². The Kier molecular flexibility index (Phi) is 9.03. The van der Waals surface area contributed by atoms with E-state index in [1.807, 2.05) is 0 Å². The summed E-state index contributed by atoms with van der Waals surface area (Å²) in [6.45, 7) is 0.193. The van der Waals surface area contributed by atoms with Gasteiger partial charge in [-0.15, -0.1) is 0 Å². The maximum atomic E-state index is 10.9. The maximum Gasteiger partial charge on any atom is 0.359 e. The molecule has 0 heterocycles. The molecule has 0 bridgehead atoms. The molecule has 0 rings (SSSR count). The van der Waals surface area contributed by atoms with Gasteiger partial charge in [-0.1, -0.05) is 26.2 Å². The second-order valence-electron chi connectivity index (χ2n) is 5.09. The van der Waals surface area contributed by atoms with E-state index in [1.165, 1.54) is 6.20 Å². The van der Waals surface area contributed by atoms with Crippen LogP contribution >= 0.6 is 0 Å². The number of hydrogen-bond acceptors (Lipinski definition) is 4. The lowest BCUT2D eigenvalue weighted by Crippen LogP contribution is -2.55. The van der Waals surface area contributed by atoms with Crippen molar-refractivity contribution in [2.24, 2.45) is 0 Å².